The number of aliphatic hydroxyl groups is 1. The first-order valence-electron chi connectivity index (χ1n) is 10.9. The van der Waals surface area contributed by atoms with Gasteiger partial charge in [0, 0.05) is 43.2 Å². The molecule has 5 rings (SSSR count). The minimum atomic E-state index is -1.06. The first-order valence-corrected chi connectivity index (χ1v) is 10.9. The van der Waals surface area contributed by atoms with E-state index in [0.29, 0.717) is 19.1 Å². The highest BCUT2D eigenvalue weighted by molar-refractivity contribution is 5.80. The SMILES string of the molecule is O=c1ccc2nccc3c2n1C[C@@]3(O)CN1CCC(NC/C=C/c2ccccn2)CC1. The zero-order valence-corrected chi connectivity index (χ0v) is 17.4. The maximum absolute atomic E-state index is 12.3. The number of likely N-dealkylation sites (tertiary alicyclic amines) is 1. The second-order valence-corrected chi connectivity index (χ2v) is 8.50. The highest BCUT2D eigenvalue weighted by Gasteiger charge is 2.40. The minimum absolute atomic E-state index is 0.0839. The van der Waals surface area contributed by atoms with Crippen molar-refractivity contribution in [1.29, 1.82) is 0 Å². The van der Waals surface area contributed by atoms with E-state index in [2.05, 4.69) is 26.3 Å². The molecule has 0 spiro atoms. The molecular weight excluding hydrogens is 390 g/mol. The van der Waals surface area contributed by atoms with Gasteiger partial charge >= 0.3 is 0 Å². The van der Waals surface area contributed by atoms with Crippen LogP contribution in [0.3, 0.4) is 0 Å². The van der Waals surface area contributed by atoms with Gasteiger partial charge in [-0.05, 0) is 56.3 Å². The summed E-state index contributed by atoms with van der Waals surface area (Å²) in [6.45, 7) is 3.48. The summed E-state index contributed by atoms with van der Waals surface area (Å²) in [6, 6.07) is 11.5. The molecule has 0 aromatic carbocycles. The van der Waals surface area contributed by atoms with Crippen LogP contribution in [0.15, 0.2) is 59.7 Å². The molecule has 0 amide bonds. The number of nitrogens with one attached hydrogen (secondary N) is 1. The van der Waals surface area contributed by atoms with Gasteiger partial charge in [-0.1, -0.05) is 12.1 Å². The van der Waals surface area contributed by atoms with Crippen LogP contribution in [0.2, 0.25) is 0 Å². The summed E-state index contributed by atoms with van der Waals surface area (Å²) in [5, 5.41) is 15.1. The quantitative estimate of drug-likeness (QED) is 0.636. The zero-order valence-electron chi connectivity index (χ0n) is 17.4. The van der Waals surface area contributed by atoms with Crippen LogP contribution in [0.5, 0.6) is 0 Å². The molecule has 0 aliphatic carbocycles. The Bertz CT molecular complexity index is 1150. The van der Waals surface area contributed by atoms with E-state index in [-0.39, 0.29) is 5.56 Å². The molecule has 0 unspecified atom stereocenters. The Labute approximate surface area is 181 Å². The summed E-state index contributed by atoms with van der Waals surface area (Å²) in [5.41, 5.74) is 2.17. The summed E-state index contributed by atoms with van der Waals surface area (Å²) < 4.78 is 1.67. The van der Waals surface area contributed by atoms with Gasteiger partial charge in [-0.3, -0.25) is 19.7 Å². The Balaban J connectivity index is 1.17. The van der Waals surface area contributed by atoms with E-state index >= 15 is 0 Å². The van der Waals surface area contributed by atoms with Crippen molar-refractivity contribution in [2.45, 2.75) is 31.0 Å². The zero-order chi connectivity index (χ0) is 21.3. The third kappa shape index (κ3) is 4.04. The van der Waals surface area contributed by atoms with Crippen molar-refractivity contribution in [3.63, 3.8) is 0 Å². The fourth-order valence-electron chi connectivity index (χ4n) is 4.79. The summed E-state index contributed by atoms with van der Waals surface area (Å²) in [4.78, 5) is 23.3. The third-order valence-corrected chi connectivity index (χ3v) is 6.37. The number of piperidine rings is 1. The first kappa shape index (κ1) is 20.1. The van der Waals surface area contributed by atoms with Crippen molar-refractivity contribution in [3.05, 3.63) is 76.5 Å². The van der Waals surface area contributed by atoms with Crippen LogP contribution in [-0.2, 0) is 12.1 Å². The number of hydrogen-bond donors (Lipinski definition) is 2. The van der Waals surface area contributed by atoms with Crippen LogP contribution in [0, 0.1) is 0 Å². The number of nitrogens with zero attached hydrogens (tertiary/aromatic N) is 4. The maximum Gasteiger partial charge on any atom is 0.251 e. The van der Waals surface area contributed by atoms with Gasteiger partial charge in [-0.2, -0.15) is 0 Å². The smallest absolute Gasteiger partial charge is 0.251 e. The second kappa shape index (κ2) is 8.34. The molecule has 31 heavy (non-hydrogen) atoms. The first-order chi connectivity index (χ1) is 15.1. The number of pyridine rings is 3. The van der Waals surface area contributed by atoms with E-state index in [1.54, 1.807) is 23.0 Å². The average Bonchev–Trinajstić information content (AvgIpc) is 3.10. The Morgan fingerprint density at radius 1 is 1.13 bits per heavy atom. The van der Waals surface area contributed by atoms with Gasteiger partial charge in [-0.15, -0.1) is 0 Å². The van der Waals surface area contributed by atoms with Gasteiger partial charge in [0.25, 0.3) is 5.56 Å². The normalized spacial score (nSPS) is 22.0. The lowest BCUT2D eigenvalue weighted by atomic mass is 9.94. The van der Waals surface area contributed by atoms with Crippen molar-refractivity contribution < 1.29 is 5.11 Å². The topological polar surface area (TPSA) is 83.3 Å². The van der Waals surface area contributed by atoms with Crippen molar-refractivity contribution in [2.24, 2.45) is 0 Å². The monoisotopic (exact) mass is 417 g/mol. The highest BCUT2D eigenvalue weighted by Crippen LogP contribution is 2.36. The maximum atomic E-state index is 12.3. The van der Waals surface area contributed by atoms with E-state index in [1.165, 1.54) is 6.07 Å². The second-order valence-electron chi connectivity index (χ2n) is 8.50. The molecule has 1 saturated heterocycles. The van der Waals surface area contributed by atoms with Gasteiger partial charge in [0.2, 0.25) is 0 Å². The van der Waals surface area contributed by atoms with Crippen LogP contribution >= 0.6 is 0 Å². The number of hydrogen-bond acceptors (Lipinski definition) is 6. The van der Waals surface area contributed by atoms with Crippen molar-refractivity contribution in [2.75, 3.05) is 26.2 Å². The largest absolute Gasteiger partial charge is 0.382 e. The molecule has 0 saturated carbocycles. The summed E-state index contributed by atoms with van der Waals surface area (Å²) in [7, 11) is 0. The molecule has 1 fully saturated rings. The van der Waals surface area contributed by atoms with E-state index < -0.39 is 5.60 Å². The Hall–Kier alpha value is -2.87. The van der Waals surface area contributed by atoms with Crippen molar-refractivity contribution in [3.8, 4) is 0 Å². The number of aromatic nitrogens is 3. The molecule has 7 nitrogen and oxygen atoms in total. The molecule has 0 radical (unpaired) electrons. The Kier molecular flexibility index (Phi) is 5.40. The fraction of sp³-hybridized carbons (Fsp3) is 0.375. The van der Waals surface area contributed by atoms with Gasteiger partial charge in [0.05, 0.1) is 23.3 Å². The van der Waals surface area contributed by atoms with Crippen LogP contribution < -0.4 is 10.9 Å². The predicted molar refractivity (Wildman–Crippen MR) is 121 cm³/mol. The lowest BCUT2D eigenvalue weighted by molar-refractivity contribution is -0.0135. The molecular formula is C24H27N5O2. The standard InChI is InChI=1S/C24H27N5O2/c30-22-7-6-21-23-20(8-13-27-21)24(31,17-29(22)23)16-28-14-9-19(10-15-28)26-12-3-5-18-4-1-2-11-25-18/h1-8,11,13,19,26,31H,9-10,12,14-17H2/b5-3+/t24-/m0/s1. The van der Waals surface area contributed by atoms with Gasteiger partial charge in [0.15, 0.2) is 0 Å². The number of β-amino-alcohol motifs (C(OH)–C–C–N with tert-alkyl or cyclic N) is 1. The van der Waals surface area contributed by atoms with Gasteiger partial charge in [0.1, 0.15) is 5.60 Å². The third-order valence-electron chi connectivity index (χ3n) is 6.37. The van der Waals surface area contributed by atoms with Crippen LogP contribution in [-0.4, -0.2) is 56.8 Å². The van der Waals surface area contributed by atoms with E-state index in [4.69, 9.17) is 0 Å². The lowest BCUT2D eigenvalue weighted by Gasteiger charge is -2.37. The average molecular weight is 418 g/mol. The molecule has 3 aromatic rings. The lowest BCUT2D eigenvalue weighted by Crippen LogP contribution is -2.48. The number of rotatable bonds is 6. The molecule has 2 aliphatic heterocycles. The Morgan fingerprint density at radius 3 is 2.81 bits per heavy atom. The molecule has 1 atom stereocenters. The van der Waals surface area contributed by atoms with E-state index in [1.807, 2.05) is 30.3 Å². The molecule has 0 bridgehead atoms. The Morgan fingerprint density at radius 2 is 2.00 bits per heavy atom. The van der Waals surface area contributed by atoms with E-state index in [0.717, 1.165) is 54.8 Å². The van der Waals surface area contributed by atoms with Gasteiger partial charge < -0.3 is 15.0 Å². The summed E-state index contributed by atoms with van der Waals surface area (Å²) in [6.07, 6.45) is 9.73. The molecule has 7 heteroatoms. The summed E-state index contributed by atoms with van der Waals surface area (Å²) >= 11 is 0. The van der Waals surface area contributed by atoms with E-state index in [9.17, 15) is 9.90 Å². The molecule has 160 valence electrons. The van der Waals surface area contributed by atoms with Gasteiger partial charge in [-0.25, -0.2) is 0 Å². The molecule has 2 N–H and O–H groups in total. The van der Waals surface area contributed by atoms with Crippen LogP contribution in [0.1, 0.15) is 24.1 Å². The minimum Gasteiger partial charge on any atom is -0.382 e. The molecule has 2 aliphatic rings. The van der Waals surface area contributed by atoms with Crippen molar-refractivity contribution >= 4 is 17.1 Å². The van der Waals surface area contributed by atoms with Crippen LogP contribution in [0.25, 0.3) is 17.1 Å². The molecule has 5 heterocycles. The van der Waals surface area contributed by atoms with Crippen molar-refractivity contribution in [1.82, 2.24) is 24.8 Å². The summed E-state index contributed by atoms with van der Waals surface area (Å²) in [5.74, 6) is 0. The predicted octanol–water partition coefficient (Wildman–Crippen LogP) is 1.76. The highest BCUT2D eigenvalue weighted by atomic mass is 16.3. The van der Waals surface area contributed by atoms with Crippen LogP contribution in [0.4, 0.5) is 0 Å². The fourth-order valence-corrected chi connectivity index (χ4v) is 4.79. The molecule has 3 aromatic heterocycles.